The molecule has 1 aliphatic rings. The fraction of sp³-hybridized carbons (Fsp3) is 0.857. The second-order valence-corrected chi connectivity index (χ2v) is 4.67. The molecule has 1 N–H and O–H groups in total. The predicted octanol–water partition coefficient (Wildman–Crippen LogP) is 4.05. The Morgan fingerprint density at radius 1 is 1.07 bits per heavy atom. The highest BCUT2D eigenvalue weighted by molar-refractivity contribution is 5.03. The highest BCUT2D eigenvalue weighted by atomic mass is 14.8. The molecule has 15 heavy (non-hydrogen) atoms. The summed E-state index contributed by atoms with van der Waals surface area (Å²) in [4.78, 5) is 0. The Kier molecular flexibility index (Phi) is 7.63. The molecule has 0 radical (unpaired) electrons. The number of hydrogen-bond donors (Lipinski definition) is 1. The molecule has 0 aliphatic carbocycles. The molecule has 1 saturated heterocycles. The molecule has 88 valence electrons. The summed E-state index contributed by atoms with van der Waals surface area (Å²) in [5, 5.41) is 3.45. The molecule has 1 rings (SSSR count). The lowest BCUT2D eigenvalue weighted by atomic mass is 10.0. The van der Waals surface area contributed by atoms with Crippen molar-refractivity contribution in [2.24, 2.45) is 0 Å². The van der Waals surface area contributed by atoms with Gasteiger partial charge in [0, 0.05) is 0 Å². The molecule has 1 nitrogen and oxygen atoms in total. The Labute approximate surface area is 95.3 Å². The molecule has 0 aromatic heterocycles. The van der Waals surface area contributed by atoms with Gasteiger partial charge in [-0.05, 0) is 45.2 Å². The molecule has 0 bridgehead atoms. The van der Waals surface area contributed by atoms with Crippen molar-refractivity contribution in [3.8, 4) is 0 Å². The van der Waals surface area contributed by atoms with Gasteiger partial charge in [0.25, 0.3) is 0 Å². The van der Waals surface area contributed by atoms with Crippen LogP contribution in [0.2, 0.25) is 0 Å². The van der Waals surface area contributed by atoms with E-state index in [0.29, 0.717) is 0 Å². The molecule has 0 saturated carbocycles. The maximum Gasteiger partial charge on any atom is -0.00116 e. The topological polar surface area (TPSA) is 12.0 Å². The summed E-state index contributed by atoms with van der Waals surface area (Å²) < 4.78 is 0. The summed E-state index contributed by atoms with van der Waals surface area (Å²) in [5.74, 6) is 0. The fourth-order valence-electron chi connectivity index (χ4n) is 2.20. The van der Waals surface area contributed by atoms with Crippen molar-refractivity contribution in [1.82, 2.24) is 5.32 Å². The molecule has 1 heteroatoms. The first-order chi connectivity index (χ1) is 7.43. The van der Waals surface area contributed by atoms with E-state index in [1.54, 1.807) is 5.57 Å². The lowest BCUT2D eigenvalue weighted by molar-refractivity contribution is 0.635. The minimum absolute atomic E-state index is 1.20. The number of nitrogens with one attached hydrogen (secondary N) is 1. The van der Waals surface area contributed by atoms with Gasteiger partial charge in [-0.15, -0.1) is 0 Å². The second-order valence-electron chi connectivity index (χ2n) is 4.67. The van der Waals surface area contributed by atoms with Crippen molar-refractivity contribution in [2.45, 2.75) is 64.7 Å². The van der Waals surface area contributed by atoms with E-state index in [9.17, 15) is 0 Å². The van der Waals surface area contributed by atoms with Crippen molar-refractivity contribution >= 4 is 0 Å². The van der Waals surface area contributed by atoms with Crippen LogP contribution in [0.15, 0.2) is 11.6 Å². The number of rotatable bonds is 6. The highest BCUT2D eigenvalue weighted by Crippen LogP contribution is 2.14. The van der Waals surface area contributed by atoms with Crippen molar-refractivity contribution in [2.75, 3.05) is 13.1 Å². The first-order valence-electron chi connectivity index (χ1n) is 6.82. The predicted molar refractivity (Wildman–Crippen MR) is 68.2 cm³/mol. The van der Waals surface area contributed by atoms with E-state index in [-0.39, 0.29) is 0 Å². The summed E-state index contributed by atoms with van der Waals surface area (Å²) in [7, 11) is 0. The van der Waals surface area contributed by atoms with Crippen LogP contribution >= 0.6 is 0 Å². The SMILES string of the molecule is CCCCCCC/C=C1/CCCNCC1. The Hall–Kier alpha value is -0.300. The third-order valence-electron chi connectivity index (χ3n) is 3.22. The maximum atomic E-state index is 3.45. The molecule has 0 amide bonds. The van der Waals surface area contributed by atoms with Crippen LogP contribution in [0, 0.1) is 0 Å². The summed E-state index contributed by atoms with van der Waals surface area (Å²) in [6.07, 6.45) is 14.8. The summed E-state index contributed by atoms with van der Waals surface area (Å²) >= 11 is 0. The number of allylic oxidation sites excluding steroid dienone is 1. The van der Waals surface area contributed by atoms with Gasteiger partial charge in [0.2, 0.25) is 0 Å². The molecule has 1 aliphatic heterocycles. The average Bonchev–Trinajstić information content (AvgIpc) is 2.52. The zero-order valence-corrected chi connectivity index (χ0v) is 10.4. The third kappa shape index (κ3) is 6.72. The van der Waals surface area contributed by atoms with Crippen LogP contribution in [0.5, 0.6) is 0 Å². The van der Waals surface area contributed by atoms with E-state index in [1.165, 1.54) is 70.9 Å². The van der Waals surface area contributed by atoms with Crippen LogP contribution in [-0.4, -0.2) is 13.1 Å². The van der Waals surface area contributed by atoms with E-state index in [2.05, 4.69) is 18.3 Å². The van der Waals surface area contributed by atoms with Gasteiger partial charge in [0.1, 0.15) is 0 Å². The van der Waals surface area contributed by atoms with Gasteiger partial charge < -0.3 is 5.32 Å². The zero-order chi connectivity index (χ0) is 10.8. The van der Waals surface area contributed by atoms with Crippen molar-refractivity contribution in [3.63, 3.8) is 0 Å². The van der Waals surface area contributed by atoms with E-state index in [1.807, 2.05) is 0 Å². The Morgan fingerprint density at radius 3 is 2.80 bits per heavy atom. The molecule has 0 aromatic carbocycles. The lowest BCUT2D eigenvalue weighted by Crippen LogP contribution is -2.13. The molecule has 0 unspecified atom stereocenters. The van der Waals surface area contributed by atoms with Crippen LogP contribution in [0.1, 0.15) is 64.7 Å². The van der Waals surface area contributed by atoms with Crippen LogP contribution in [-0.2, 0) is 0 Å². The van der Waals surface area contributed by atoms with Crippen LogP contribution < -0.4 is 5.32 Å². The molecule has 1 fully saturated rings. The molecule has 1 heterocycles. The van der Waals surface area contributed by atoms with Crippen molar-refractivity contribution < 1.29 is 0 Å². The first-order valence-corrected chi connectivity index (χ1v) is 6.82. The lowest BCUT2D eigenvalue weighted by Gasteiger charge is -2.02. The van der Waals surface area contributed by atoms with Gasteiger partial charge in [-0.3, -0.25) is 0 Å². The van der Waals surface area contributed by atoms with Crippen LogP contribution in [0.25, 0.3) is 0 Å². The van der Waals surface area contributed by atoms with Gasteiger partial charge in [-0.25, -0.2) is 0 Å². The Balaban J connectivity index is 2.02. The molecule has 0 atom stereocenters. The highest BCUT2D eigenvalue weighted by Gasteiger charge is 2.02. The second kappa shape index (κ2) is 8.96. The van der Waals surface area contributed by atoms with Gasteiger partial charge in [0.15, 0.2) is 0 Å². The summed E-state index contributed by atoms with van der Waals surface area (Å²) in [6, 6.07) is 0. The maximum absolute atomic E-state index is 3.45. The minimum Gasteiger partial charge on any atom is -0.316 e. The third-order valence-corrected chi connectivity index (χ3v) is 3.22. The molecular formula is C14H27N. The Bertz CT molecular complexity index is 162. The first kappa shape index (κ1) is 12.8. The quantitative estimate of drug-likeness (QED) is 0.514. The van der Waals surface area contributed by atoms with Crippen LogP contribution in [0.4, 0.5) is 0 Å². The standard InChI is InChI=1S/C14H27N/c1-2-3-4-5-6-7-9-14-10-8-12-15-13-11-14/h9,15H,2-8,10-13H2,1H3/b14-9-. The normalized spacial score (nSPS) is 20.5. The largest absolute Gasteiger partial charge is 0.316 e. The van der Waals surface area contributed by atoms with Gasteiger partial charge in [-0.2, -0.15) is 0 Å². The van der Waals surface area contributed by atoms with Crippen molar-refractivity contribution in [1.29, 1.82) is 0 Å². The van der Waals surface area contributed by atoms with Gasteiger partial charge in [-0.1, -0.05) is 44.3 Å². The molecular weight excluding hydrogens is 182 g/mol. The number of hydrogen-bond acceptors (Lipinski definition) is 1. The monoisotopic (exact) mass is 209 g/mol. The Morgan fingerprint density at radius 2 is 1.93 bits per heavy atom. The minimum atomic E-state index is 1.20. The molecule has 0 aromatic rings. The van der Waals surface area contributed by atoms with E-state index < -0.39 is 0 Å². The van der Waals surface area contributed by atoms with E-state index >= 15 is 0 Å². The smallest absolute Gasteiger partial charge is 0.00116 e. The van der Waals surface area contributed by atoms with E-state index in [4.69, 9.17) is 0 Å². The van der Waals surface area contributed by atoms with Gasteiger partial charge >= 0.3 is 0 Å². The summed E-state index contributed by atoms with van der Waals surface area (Å²) in [5.41, 5.74) is 1.70. The average molecular weight is 209 g/mol. The van der Waals surface area contributed by atoms with Gasteiger partial charge in [0.05, 0.1) is 0 Å². The summed E-state index contributed by atoms with van der Waals surface area (Å²) in [6.45, 7) is 4.69. The zero-order valence-electron chi connectivity index (χ0n) is 10.4. The fourth-order valence-corrected chi connectivity index (χ4v) is 2.20. The van der Waals surface area contributed by atoms with E-state index in [0.717, 1.165) is 0 Å². The molecule has 0 spiro atoms. The number of unbranched alkanes of at least 4 members (excludes halogenated alkanes) is 5. The van der Waals surface area contributed by atoms with Crippen molar-refractivity contribution in [3.05, 3.63) is 11.6 Å². The van der Waals surface area contributed by atoms with Crippen LogP contribution in [0.3, 0.4) is 0 Å².